The van der Waals surface area contributed by atoms with Crippen LogP contribution in [0.3, 0.4) is 0 Å². The zero-order valence-electron chi connectivity index (χ0n) is 16.2. The summed E-state index contributed by atoms with van der Waals surface area (Å²) in [6.45, 7) is 0. The second kappa shape index (κ2) is 7.41. The van der Waals surface area contributed by atoms with Crippen LogP contribution in [0.4, 0.5) is 20.2 Å². The van der Waals surface area contributed by atoms with E-state index in [1.54, 1.807) is 18.2 Å². The van der Waals surface area contributed by atoms with Gasteiger partial charge in [0, 0.05) is 17.7 Å². The fourth-order valence-electron chi connectivity index (χ4n) is 4.40. The summed E-state index contributed by atoms with van der Waals surface area (Å²) in [6, 6.07) is 20.0. The van der Waals surface area contributed by atoms with Crippen molar-refractivity contribution in [2.75, 3.05) is 10.6 Å². The van der Waals surface area contributed by atoms with E-state index in [0.717, 1.165) is 22.6 Å². The molecular formula is C25H20F2N2O. The van der Waals surface area contributed by atoms with Crippen LogP contribution in [-0.2, 0) is 4.79 Å². The van der Waals surface area contributed by atoms with Gasteiger partial charge >= 0.3 is 0 Å². The van der Waals surface area contributed by atoms with Crippen molar-refractivity contribution in [3.05, 3.63) is 107 Å². The maximum Gasteiger partial charge on any atom is 0.163 e. The first-order chi connectivity index (χ1) is 14.6. The monoisotopic (exact) mass is 402 g/mol. The van der Waals surface area contributed by atoms with Gasteiger partial charge in [-0.1, -0.05) is 36.4 Å². The van der Waals surface area contributed by atoms with Crippen LogP contribution in [-0.4, -0.2) is 5.78 Å². The van der Waals surface area contributed by atoms with E-state index in [1.165, 1.54) is 24.3 Å². The predicted octanol–water partition coefficient (Wildman–Crippen LogP) is 5.94. The number of Topliss-reactive ketones (excluding diaryl/α,β-unsaturated/α-hetero) is 1. The predicted molar refractivity (Wildman–Crippen MR) is 113 cm³/mol. The van der Waals surface area contributed by atoms with Gasteiger partial charge in [0.15, 0.2) is 5.78 Å². The third-order valence-electron chi connectivity index (χ3n) is 5.83. The van der Waals surface area contributed by atoms with Gasteiger partial charge in [0.1, 0.15) is 11.6 Å². The van der Waals surface area contributed by atoms with E-state index >= 15 is 0 Å². The summed E-state index contributed by atoms with van der Waals surface area (Å²) in [5.41, 5.74) is 4.83. The Kier molecular flexibility index (Phi) is 4.58. The van der Waals surface area contributed by atoms with Gasteiger partial charge in [-0.2, -0.15) is 0 Å². The number of fused-ring (bicyclic) bond motifs is 1. The second-order valence-electron chi connectivity index (χ2n) is 7.78. The lowest BCUT2D eigenvalue weighted by Gasteiger charge is -2.30. The molecule has 0 saturated heterocycles. The number of carbonyl (C=O) groups excluding carboxylic acids is 1. The van der Waals surface area contributed by atoms with E-state index in [-0.39, 0.29) is 23.3 Å². The number of nitrogens with one attached hydrogen (secondary N) is 2. The van der Waals surface area contributed by atoms with Crippen LogP contribution < -0.4 is 10.6 Å². The Morgan fingerprint density at radius 2 is 1.53 bits per heavy atom. The first-order valence-corrected chi connectivity index (χ1v) is 9.98. The quantitative estimate of drug-likeness (QED) is 0.557. The lowest BCUT2D eigenvalue weighted by molar-refractivity contribution is -0.116. The van der Waals surface area contributed by atoms with Crippen molar-refractivity contribution in [3.63, 3.8) is 0 Å². The van der Waals surface area contributed by atoms with Crippen LogP contribution in [0.15, 0.2) is 84.1 Å². The Labute approximate surface area is 173 Å². The molecule has 0 radical (unpaired) electrons. The smallest absolute Gasteiger partial charge is 0.163 e. The number of halogens is 2. The minimum atomic E-state index is -0.450. The van der Waals surface area contributed by atoms with Gasteiger partial charge in [-0.25, -0.2) is 8.78 Å². The molecule has 0 bridgehead atoms. The number of anilines is 2. The van der Waals surface area contributed by atoms with Crippen molar-refractivity contribution < 1.29 is 13.6 Å². The Balaban J connectivity index is 1.61. The van der Waals surface area contributed by atoms with E-state index in [9.17, 15) is 13.6 Å². The molecule has 3 nitrogen and oxygen atoms in total. The number of hydrogen-bond donors (Lipinski definition) is 2. The summed E-state index contributed by atoms with van der Waals surface area (Å²) >= 11 is 0. The molecule has 0 saturated carbocycles. The maximum absolute atomic E-state index is 14.0. The zero-order valence-corrected chi connectivity index (χ0v) is 16.2. The molecule has 30 heavy (non-hydrogen) atoms. The molecule has 5 rings (SSSR count). The molecule has 0 aromatic heterocycles. The first-order valence-electron chi connectivity index (χ1n) is 9.98. The highest BCUT2D eigenvalue weighted by molar-refractivity contribution is 6.01. The topological polar surface area (TPSA) is 41.1 Å². The Hall–Kier alpha value is -3.47. The number of benzene rings is 3. The Bertz CT molecular complexity index is 1150. The summed E-state index contributed by atoms with van der Waals surface area (Å²) in [6.07, 6.45) is 0.949. The van der Waals surface area contributed by atoms with Gasteiger partial charge in [0.2, 0.25) is 0 Å². The minimum Gasteiger partial charge on any atom is -0.372 e. The molecule has 1 aliphatic heterocycles. The largest absolute Gasteiger partial charge is 0.372 e. The summed E-state index contributed by atoms with van der Waals surface area (Å²) in [5, 5.41) is 6.88. The lowest BCUT2D eigenvalue weighted by Crippen LogP contribution is -2.27. The van der Waals surface area contributed by atoms with E-state index in [2.05, 4.69) is 10.6 Å². The average Bonchev–Trinajstić information content (AvgIpc) is 2.91. The fourth-order valence-corrected chi connectivity index (χ4v) is 4.40. The number of rotatable bonds is 2. The van der Waals surface area contributed by atoms with Crippen molar-refractivity contribution in [1.82, 2.24) is 0 Å². The molecule has 1 heterocycles. The molecule has 2 unspecified atom stereocenters. The Morgan fingerprint density at radius 1 is 0.767 bits per heavy atom. The van der Waals surface area contributed by atoms with Crippen LogP contribution in [0.5, 0.6) is 0 Å². The number of allylic oxidation sites excluding steroid dienone is 1. The molecule has 0 fully saturated rings. The maximum atomic E-state index is 14.0. The molecular weight excluding hydrogens is 382 g/mol. The standard InChI is InChI=1S/C25H20F2N2O/c26-18-10-8-15(9-11-18)17-13-22-24(23(30)14-17)25(16-4-3-5-19(27)12-16)29-21-7-2-1-6-20(21)28-22/h1-12,17,25,28-29H,13-14H2. The van der Waals surface area contributed by atoms with E-state index in [0.29, 0.717) is 24.0 Å². The van der Waals surface area contributed by atoms with Gasteiger partial charge in [0.25, 0.3) is 0 Å². The van der Waals surface area contributed by atoms with Crippen LogP contribution in [0.1, 0.15) is 35.9 Å². The van der Waals surface area contributed by atoms with Gasteiger partial charge in [-0.15, -0.1) is 0 Å². The van der Waals surface area contributed by atoms with Crippen LogP contribution in [0.25, 0.3) is 0 Å². The highest BCUT2D eigenvalue weighted by Gasteiger charge is 2.36. The lowest BCUT2D eigenvalue weighted by atomic mass is 9.78. The van der Waals surface area contributed by atoms with Crippen LogP contribution in [0.2, 0.25) is 0 Å². The molecule has 3 aromatic rings. The number of para-hydroxylation sites is 2. The molecule has 3 aromatic carbocycles. The number of ketones is 1. The fraction of sp³-hybridized carbons (Fsp3) is 0.160. The van der Waals surface area contributed by atoms with Gasteiger partial charge in [-0.05, 0) is 59.9 Å². The SMILES string of the molecule is O=C1CC(c2ccc(F)cc2)CC2=C1C(c1cccc(F)c1)Nc1ccccc1N2. The van der Waals surface area contributed by atoms with Gasteiger partial charge in [0.05, 0.1) is 17.4 Å². The molecule has 1 aliphatic carbocycles. The first kappa shape index (κ1) is 18.6. The van der Waals surface area contributed by atoms with Crippen LogP contribution in [0, 0.1) is 11.6 Å². The van der Waals surface area contributed by atoms with Crippen molar-refractivity contribution >= 4 is 17.2 Å². The Morgan fingerprint density at radius 3 is 2.30 bits per heavy atom. The van der Waals surface area contributed by atoms with Crippen molar-refractivity contribution in [2.45, 2.75) is 24.8 Å². The number of carbonyl (C=O) groups is 1. The molecule has 0 spiro atoms. The van der Waals surface area contributed by atoms with Crippen molar-refractivity contribution in [3.8, 4) is 0 Å². The third kappa shape index (κ3) is 3.36. The summed E-state index contributed by atoms with van der Waals surface area (Å²) < 4.78 is 27.3. The molecule has 0 amide bonds. The van der Waals surface area contributed by atoms with Gasteiger partial charge < -0.3 is 10.6 Å². The van der Waals surface area contributed by atoms with E-state index in [1.807, 2.05) is 30.3 Å². The molecule has 150 valence electrons. The molecule has 2 atom stereocenters. The van der Waals surface area contributed by atoms with E-state index in [4.69, 9.17) is 0 Å². The molecule has 2 aliphatic rings. The highest BCUT2D eigenvalue weighted by Crippen LogP contribution is 2.44. The highest BCUT2D eigenvalue weighted by atomic mass is 19.1. The minimum absolute atomic E-state index is 0.00708. The van der Waals surface area contributed by atoms with Crippen molar-refractivity contribution in [2.24, 2.45) is 0 Å². The summed E-state index contributed by atoms with van der Waals surface area (Å²) in [7, 11) is 0. The number of hydrogen-bond acceptors (Lipinski definition) is 3. The summed E-state index contributed by atoms with van der Waals surface area (Å²) in [5.74, 6) is -0.664. The average molecular weight is 402 g/mol. The van der Waals surface area contributed by atoms with Crippen LogP contribution >= 0.6 is 0 Å². The zero-order chi connectivity index (χ0) is 20.7. The normalized spacial score (nSPS) is 20.5. The van der Waals surface area contributed by atoms with Crippen molar-refractivity contribution in [1.29, 1.82) is 0 Å². The van der Waals surface area contributed by atoms with E-state index < -0.39 is 6.04 Å². The molecule has 2 N–H and O–H groups in total. The van der Waals surface area contributed by atoms with Gasteiger partial charge in [-0.3, -0.25) is 4.79 Å². The molecule has 5 heteroatoms. The third-order valence-corrected chi connectivity index (χ3v) is 5.83. The summed E-state index contributed by atoms with van der Waals surface area (Å²) in [4.78, 5) is 13.3. The second-order valence-corrected chi connectivity index (χ2v) is 7.78.